The van der Waals surface area contributed by atoms with Gasteiger partial charge in [0.15, 0.2) is 15.6 Å². The molecule has 1 unspecified atom stereocenters. The summed E-state index contributed by atoms with van der Waals surface area (Å²) < 4.78 is 28.2. The van der Waals surface area contributed by atoms with Gasteiger partial charge < -0.3 is 15.4 Å². The third kappa shape index (κ3) is 2.49. The van der Waals surface area contributed by atoms with E-state index in [1.807, 2.05) is 6.07 Å². The summed E-state index contributed by atoms with van der Waals surface area (Å²) in [5.74, 6) is 0.0887. The Hall–Kier alpha value is -2.02. The highest BCUT2D eigenvalue weighted by Gasteiger charge is 2.25. The number of rotatable bonds is 2. The Labute approximate surface area is 116 Å². The largest absolute Gasteiger partial charge is 0.489 e. The van der Waals surface area contributed by atoms with Gasteiger partial charge in [-0.2, -0.15) is 0 Å². The fourth-order valence-electron chi connectivity index (χ4n) is 2.26. The Bertz CT molecular complexity index is 682. The fourth-order valence-corrected chi connectivity index (χ4v) is 3.50. The number of fused-ring (bicyclic) bond motifs is 1. The van der Waals surface area contributed by atoms with Crippen molar-refractivity contribution in [2.75, 3.05) is 24.2 Å². The van der Waals surface area contributed by atoms with Gasteiger partial charge in [-0.25, -0.2) is 8.42 Å². The van der Waals surface area contributed by atoms with Crippen molar-refractivity contribution in [2.45, 2.75) is 6.04 Å². The van der Waals surface area contributed by atoms with Crippen LogP contribution in [0.3, 0.4) is 0 Å². The second-order valence-corrected chi connectivity index (χ2v) is 6.63. The second kappa shape index (κ2) is 4.82. The Morgan fingerprint density at radius 1 is 1.40 bits per heavy atom. The molecule has 0 aliphatic carbocycles. The number of sulfone groups is 1. The lowest BCUT2D eigenvalue weighted by molar-refractivity contribution is 0.0943. The molecule has 1 aromatic rings. The molecule has 1 aromatic carbocycles. The normalized spacial score (nSPS) is 22.5. The van der Waals surface area contributed by atoms with E-state index < -0.39 is 15.9 Å². The van der Waals surface area contributed by atoms with Crippen LogP contribution in [0.4, 0.5) is 5.69 Å². The lowest BCUT2D eigenvalue weighted by Crippen LogP contribution is -2.36. The summed E-state index contributed by atoms with van der Waals surface area (Å²) >= 11 is 0. The molecule has 0 saturated heterocycles. The number of carbonyl (C=O) groups is 1. The van der Waals surface area contributed by atoms with Gasteiger partial charge in [-0.3, -0.25) is 4.79 Å². The van der Waals surface area contributed by atoms with Crippen LogP contribution in [0.25, 0.3) is 0 Å². The first-order valence-corrected chi connectivity index (χ1v) is 7.98. The average molecular weight is 294 g/mol. The first-order chi connectivity index (χ1) is 9.55. The van der Waals surface area contributed by atoms with Crippen LogP contribution in [0.15, 0.2) is 29.7 Å². The van der Waals surface area contributed by atoms with Crippen molar-refractivity contribution in [2.24, 2.45) is 0 Å². The molecule has 7 heteroatoms. The zero-order chi connectivity index (χ0) is 14.2. The van der Waals surface area contributed by atoms with E-state index in [1.54, 1.807) is 12.1 Å². The molecule has 0 bridgehead atoms. The summed E-state index contributed by atoms with van der Waals surface area (Å²) in [5, 5.41) is 6.97. The van der Waals surface area contributed by atoms with Crippen LogP contribution in [0, 0.1) is 0 Å². The van der Waals surface area contributed by atoms with Gasteiger partial charge in [0.1, 0.15) is 6.61 Å². The number of amides is 1. The van der Waals surface area contributed by atoms with Crippen molar-refractivity contribution in [1.29, 1.82) is 0 Å². The summed E-state index contributed by atoms with van der Waals surface area (Å²) in [5.41, 5.74) is 1.19. The maximum Gasteiger partial charge on any atom is 0.255 e. The predicted molar refractivity (Wildman–Crippen MR) is 74.6 cm³/mol. The zero-order valence-electron chi connectivity index (χ0n) is 10.6. The van der Waals surface area contributed by atoms with Crippen molar-refractivity contribution in [1.82, 2.24) is 5.32 Å². The van der Waals surface area contributed by atoms with Crippen LogP contribution in [-0.4, -0.2) is 39.3 Å². The Morgan fingerprint density at radius 3 is 3.00 bits per heavy atom. The average Bonchev–Trinajstić information content (AvgIpc) is 2.77. The third-order valence-electron chi connectivity index (χ3n) is 3.17. The van der Waals surface area contributed by atoms with E-state index in [1.165, 1.54) is 6.08 Å². The molecule has 6 nitrogen and oxygen atoms in total. The molecule has 20 heavy (non-hydrogen) atoms. The van der Waals surface area contributed by atoms with Gasteiger partial charge >= 0.3 is 0 Å². The molecule has 0 radical (unpaired) electrons. The van der Waals surface area contributed by atoms with Crippen molar-refractivity contribution >= 4 is 21.4 Å². The maximum atomic E-state index is 12.2. The van der Waals surface area contributed by atoms with Crippen molar-refractivity contribution in [3.63, 3.8) is 0 Å². The van der Waals surface area contributed by atoms with Gasteiger partial charge in [-0.05, 0) is 18.2 Å². The first-order valence-electron chi connectivity index (χ1n) is 6.27. The Balaban J connectivity index is 1.80. The van der Waals surface area contributed by atoms with Crippen molar-refractivity contribution in [3.8, 4) is 5.75 Å². The number of hydrogen-bond donors (Lipinski definition) is 2. The van der Waals surface area contributed by atoms with E-state index in [9.17, 15) is 13.2 Å². The molecule has 0 spiro atoms. The molecule has 3 rings (SSSR count). The molecule has 2 heterocycles. The summed E-state index contributed by atoms with van der Waals surface area (Å²) in [6.07, 6.45) is 1.49. The number of anilines is 1. The van der Waals surface area contributed by atoms with Crippen molar-refractivity contribution in [3.05, 3.63) is 35.2 Å². The molecule has 0 saturated carbocycles. The quantitative estimate of drug-likeness (QED) is 0.831. The van der Waals surface area contributed by atoms with E-state index in [0.29, 0.717) is 24.5 Å². The molecule has 2 aliphatic heterocycles. The molecule has 2 N–H and O–H groups in total. The summed E-state index contributed by atoms with van der Waals surface area (Å²) in [7, 11) is -3.18. The molecule has 106 valence electrons. The molecular weight excluding hydrogens is 280 g/mol. The number of hydrogen-bond acceptors (Lipinski definition) is 5. The SMILES string of the molecule is O=C(NC1C=CS(=O)(=O)C1)c1cccc2c1OCCN2. The van der Waals surface area contributed by atoms with Gasteiger partial charge in [0, 0.05) is 12.0 Å². The van der Waals surface area contributed by atoms with Crippen LogP contribution < -0.4 is 15.4 Å². The molecule has 1 atom stereocenters. The Morgan fingerprint density at radius 2 is 2.25 bits per heavy atom. The van der Waals surface area contributed by atoms with Crippen molar-refractivity contribution < 1.29 is 17.9 Å². The Kier molecular flexibility index (Phi) is 3.13. The van der Waals surface area contributed by atoms with Gasteiger partial charge in [0.05, 0.1) is 23.0 Å². The maximum absolute atomic E-state index is 12.2. The highest BCUT2D eigenvalue weighted by Crippen LogP contribution is 2.31. The van der Waals surface area contributed by atoms with Crippen LogP contribution in [-0.2, 0) is 9.84 Å². The summed E-state index contributed by atoms with van der Waals surface area (Å²) in [6.45, 7) is 1.19. The van der Waals surface area contributed by atoms with Gasteiger partial charge in [-0.15, -0.1) is 0 Å². The third-order valence-corrected chi connectivity index (χ3v) is 4.57. The van der Waals surface area contributed by atoms with Gasteiger partial charge in [-0.1, -0.05) is 6.07 Å². The molecule has 0 fully saturated rings. The van der Waals surface area contributed by atoms with Gasteiger partial charge in [0.2, 0.25) is 0 Å². The number of ether oxygens (including phenoxy) is 1. The first kappa shape index (κ1) is 13.0. The topological polar surface area (TPSA) is 84.5 Å². The van der Waals surface area contributed by atoms with Crippen LogP contribution in [0.2, 0.25) is 0 Å². The molecular formula is C13H14N2O4S. The zero-order valence-corrected chi connectivity index (χ0v) is 11.4. The van der Waals surface area contributed by atoms with Crippen LogP contribution >= 0.6 is 0 Å². The minimum Gasteiger partial charge on any atom is -0.489 e. The van der Waals surface area contributed by atoms with E-state index in [4.69, 9.17) is 4.74 Å². The summed E-state index contributed by atoms with van der Waals surface area (Å²) in [6, 6.07) is 4.77. The molecule has 1 amide bonds. The second-order valence-electron chi connectivity index (χ2n) is 4.70. The fraction of sp³-hybridized carbons (Fsp3) is 0.308. The lowest BCUT2D eigenvalue weighted by Gasteiger charge is -2.21. The highest BCUT2D eigenvalue weighted by atomic mass is 32.2. The van der Waals surface area contributed by atoms with E-state index in [-0.39, 0.29) is 11.7 Å². The molecule has 2 aliphatic rings. The number of para-hydroxylation sites is 1. The minimum atomic E-state index is -3.18. The monoisotopic (exact) mass is 294 g/mol. The number of benzene rings is 1. The smallest absolute Gasteiger partial charge is 0.255 e. The minimum absolute atomic E-state index is 0.0904. The van der Waals surface area contributed by atoms with Crippen LogP contribution in [0.5, 0.6) is 5.75 Å². The highest BCUT2D eigenvalue weighted by molar-refractivity contribution is 7.94. The lowest BCUT2D eigenvalue weighted by atomic mass is 10.1. The standard InChI is InChI=1S/C13H14N2O4S/c16-13(15-9-4-7-20(17,18)8-9)10-2-1-3-11-12(10)19-6-5-14-11/h1-4,7,9,14H,5-6,8H2,(H,15,16). The van der Waals surface area contributed by atoms with E-state index in [0.717, 1.165) is 11.1 Å². The van der Waals surface area contributed by atoms with Gasteiger partial charge in [0.25, 0.3) is 5.91 Å². The van der Waals surface area contributed by atoms with E-state index in [2.05, 4.69) is 10.6 Å². The predicted octanol–water partition coefficient (Wildman–Crippen LogP) is 0.531. The summed E-state index contributed by atoms with van der Waals surface area (Å²) in [4.78, 5) is 12.2. The van der Waals surface area contributed by atoms with Crippen LogP contribution in [0.1, 0.15) is 10.4 Å². The molecule has 0 aromatic heterocycles. The number of nitrogens with one attached hydrogen (secondary N) is 2. The van der Waals surface area contributed by atoms with E-state index >= 15 is 0 Å². The number of carbonyl (C=O) groups excluding carboxylic acids is 1.